The van der Waals surface area contributed by atoms with Gasteiger partial charge in [0, 0.05) is 0 Å². The molecule has 3 heteroatoms. The fourth-order valence-electron chi connectivity index (χ4n) is 1.09. The topological polar surface area (TPSA) is 46.1 Å². The third kappa shape index (κ3) is 20.1. The summed E-state index contributed by atoms with van der Waals surface area (Å²) in [6.45, 7) is 6.99. The second-order valence-electron chi connectivity index (χ2n) is 3.84. The molecule has 0 fully saturated rings. The maximum atomic E-state index is 9.64. The average molecular weight is 298 g/mol. The quantitative estimate of drug-likeness (QED) is 0.412. The fourth-order valence-corrected chi connectivity index (χ4v) is 2.00. The van der Waals surface area contributed by atoms with Gasteiger partial charge in [-0.15, -0.1) is 26.4 Å². The van der Waals surface area contributed by atoms with Crippen LogP contribution in [0.5, 0.6) is 0 Å². The molecule has 0 atom stereocenters. The number of hydrogen-bond donors (Lipinski definition) is 0. The maximum absolute atomic E-state index is 9.64. The Morgan fingerprint density at radius 3 is 1.84 bits per heavy atom. The summed E-state index contributed by atoms with van der Waals surface area (Å²) in [6.07, 6.45) is 14.6. The molecule has 1 aliphatic rings. The second kappa shape index (κ2) is 19.9. The van der Waals surface area contributed by atoms with Crippen LogP contribution in [0.25, 0.3) is 0 Å². The molecular weight excluding hydrogens is 272 g/mol. The summed E-state index contributed by atoms with van der Waals surface area (Å²) in [5, 5.41) is 21.6. The van der Waals surface area contributed by atoms with E-state index < -0.39 is 0 Å². The fraction of sp³-hybridized carbons (Fsp3) is 0.500. The van der Waals surface area contributed by atoms with Crippen molar-refractivity contribution in [3.8, 4) is 0 Å². The molecule has 1 rings (SSSR count). The number of unbranched alkanes of at least 4 members (excludes halogenated alkanes) is 2. The third-order valence-electron chi connectivity index (χ3n) is 2.20. The molecule has 0 saturated carbocycles. The van der Waals surface area contributed by atoms with Gasteiger partial charge >= 0.3 is 52.9 Å². The number of hydrogen-bond acceptors (Lipinski definition) is 2. The molecule has 0 amide bonds. The van der Waals surface area contributed by atoms with E-state index in [-0.39, 0.29) is 13.2 Å². The normalized spacial score (nSPS) is 11.2. The van der Waals surface area contributed by atoms with Crippen molar-refractivity contribution in [2.75, 3.05) is 13.2 Å². The number of rotatable bonds is 7. The standard InChI is InChI=1S/2C5H9O.C5H5.CH3.Ti/c2*1-2-3-4-5-6;1-2-4-5-3-1;;/h2*2H,1,3-5H2;1-3H,4H2;1H3;/q2*-1;;;+2. The zero-order valence-corrected chi connectivity index (χ0v) is 13.6. The molecule has 0 bridgehead atoms. The first-order chi connectivity index (χ1) is 9.26. The summed E-state index contributed by atoms with van der Waals surface area (Å²) in [5.74, 6) is 0. The van der Waals surface area contributed by atoms with Gasteiger partial charge in [-0.3, -0.25) is 0 Å². The van der Waals surface area contributed by atoms with E-state index in [1.807, 2.05) is 0 Å². The Morgan fingerprint density at radius 2 is 1.68 bits per heavy atom. The summed E-state index contributed by atoms with van der Waals surface area (Å²) in [7, 11) is 0. The summed E-state index contributed by atoms with van der Waals surface area (Å²) in [6, 6.07) is 0. The van der Waals surface area contributed by atoms with Crippen LogP contribution in [0.4, 0.5) is 0 Å². The summed E-state index contributed by atoms with van der Waals surface area (Å²) in [5.41, 5.74) is 0. The van der Waals surface area contributed by atoms with Crippen LogP contribution >= 0.6 is 0 Å². The van der Waals surface area contributed by atoms with Crippen molar-refractivity contribution in [3.05, 3.63) is 47.4 Å². The van der Waals surface area contributed by atoms with Gasteiger partial charge in [0.15, 0.2) is 0 Å². The van der Waals surface area contributed by atoms with Gasteiger partial charge in [0.2, 0.25) is 0 Å². The van der Waals surface area contributed by atoms with Crippen LogP contribution in [0, 0.1) is 0 Å². The Labute approximate surface area is 127 Å². The van der Waals surface area contributed by atoms with Crippen LogP contribution in [0.2, 0.25) is 5.23 Å². The molecule has 0 saturated heterocycles. The summed E-state index contributed by atoms with van der Waals surface area (Å²) < 4.78 is 1.68. The van der Waals surface area contributed by atoms with Crippen molar-refractivity contribution in [1.82, 2.24) is 0 Å². The summed E-state index contributed by atoms with van der Waals surface area (Å²) >= 11 is 0.292. The Kier molecular flexibility index (Phi) is 21.9. The Hall–Kier alpha value is -0.406. The van der Waals surface area contributed by atoms with Crippen molar-refractivity contribution >= 4 is 0 Å². The Bertz CT molecular complexity index is 245. The molecule has 0 unspecified atom stereocenters. The molecule has 0 aromatic heterocycles. The molecule has 0 aromatic rings. The molecule has 106 valence electrons. The van der Waals surface area contributed by atoms with Gasteiger partial charge < -0.3 is 10.2 Å². The van der Waals surface area contributed by atoms with Gasteiger partial charge in [0.25, 0.3) is 0 Å². The van der Waals surface area contributed by atoms with Crippen LogP contribution in [-0.2, 0) is 19.2 Å². The van der Waals surface area contributed by atoms with Gasteiger partial charge in [-0.1, -0.05) is 25.0 Å². The zero-order chi connectivity index (χ0) is 14.8. The molecule has 0 heterocycles. The van der Waals surface area contributed by atoms with E-state index in [9.17, 15) is 10.2 Å². The van der Waals surface area contributed by atoms with Crippen LogP contribution in [0.1, 0.15) is 32.1 Å². The SMILES string of the molecule is C=CCCC[O-].C=CCCC[O-].[CH3][Ti+2][C]1=CC=CC1. The van der Waals surface area contributed by atoms with E-state index in [0.717, 1.165) is 25.7 Å². The van der Waals surface area contributed by atoms with Crippen molar-refractivity contribution in [2.24, 2.45) is 0 Å². The molecular formula is C16H26O2Ti. The molecule has 0 spiro atoms. The Balaban J connectivity index is 0. The van der Waals surface area contributed by atoms with Crippen LogP contribution in [-0.4, -0.2) is 13.2 Å². The van der Waals surface area contributed by atoms with Crippen molar-refractivity contribution in [3.63, 3.8) is 0 Å². The van der Waals surface area contributed by atoms with Gasteiger partial charge in [-0.2, -0.15) is 0 Å². The van der Waals surface area contributed by atoms with Crippen LogP contribution < -0.4 is 10.2 Å². The molecule has 0 aliphatic heterocycles. The van der Waals surface area contributed by atoms with Crippen molar-refractivity contribution in [1.29, 1.82) is 0 Å². The first kappa shape index (κ1) is 20.9. The van der Waals surface area contributed by atoms with Gasteiger partial charge in [-0.05, 0) is 12.8 Å². The van der Waals surface area contributed by atoms with E-state index in [1.54, 1.807) is 16.0 Å². The molecule has 0 aromatic carbocycles. The second-order valence-corrected chi connectivity index (χ2v) is 5.63. The van der Waals surface area contributed by atoms with Crippen LogP contribution in [0.3, 0.4) is 0 Å². The molecule has 0 N–H and O–H groups in total. The molecule has 19 heavy (non-hydrogen) atoms. The predicted octanol–water partition coefficient (Wildman–Crippen LogP) is 2.59. The van der Waals surface area contributed by atoms with E-state index in [4.69, 9.17) is 0 Å². The van der Waals surface area contributed by atoms with E-state index in [1.165, 1.54) is 6.42 Å². The minimum absolute atomic E-state index is 0.0337. The first-order valence-corrected chi connectivity index (χ1v) is 9.02. The molecule has 0 radical (unpaired) electrons. The molecule has 2 nitrogen and oxygen atoms in total. The molecule has 1 aliphatic carbocycles. The predicted molar refractivity (Wildman–Crippen MR) is 76.3 cm³/mol. The van der Waals surface area contributed by atoms with E-state index in [0.29, 0.717) is 19.2 Å². The van der Waals surface area contributed by atoms with E-state index >= 15 is 0 Å². The third-order valence-corrected chi connectivity index (χ3v) is 3.78. The van der Waals surface area contributed by atoms with Gasteiger partial charge in [0.1, 0.15) is 0 Å². The summed E-state index contributed by atoms with van der Waals surface area (Å²) in [4.78, 5) is 0. The first-order valence-electron chi connectivity index (χ1n) is 6.68. The average Bonchev–Trinajstić information content (AvgIpc) is 2.97. The minimum atomic E-state index is 0.0337. The van der Waals surface area contributed by atoms with Crippen LogP contribution in [0.15, 0.2) is 47.4 Å². The van der Waals surface area contributed by atoms with E-state index in [2.05, 4.69) is 36.6 Å². The van der Waals surface area contributed by atoms with Gasteiger partial charge in [-0.25, -0.2) is 0 Å². The number of allylic oxidation sites excluding steroid dienone is 6. The van der Waals surface area contributed by atoms with Gasteiger partial charge in [0.05, 0.1) is 0 Å². The van der Waals surface area contributed by atoms with Crippen molar-refractivity contribution < 1.29 is 29.4 Å². The Morgan fingerprint density at radius 1 is 1.16 bits per heavy atom. The van der Waals surface area contributed by atoms with Crippen molar-refractivity contribution in [2.45, 2.75) is 37.3 Å². The monoisotopic (exact) mass is 298 g/mol. The zero-order valence-electron chi connectivity index (χ0n) is 12.1.